The van der Waals surface area contributed by atoms with Gasteiger partial charge in [0.05, 0.1) is 12.3 Å². The van der Waals surface area contributed by atoms with Gasteiger partial charge in [-0.25, -0.2) is 0 Å². The Labute approximate surface area is 149 Å². The first-order valence-electron chi connectivity index (χ1n) is 8.18. The van der Waals surface area contributed by atoms with Gasteiger partial charge in [-0.3, -0.25) is 4.79 Å². The predicted octanol–water partition coefficient (Wildman–Crippen LogP) is 4.60. The van der Waals surface area contributed by atoms with Crippen LogP contribution < -0.4 is 14.8 Å². The zero-order chi connectivity index (χ0) is 19.0. The van der Waals surface area contributed by atoms with Gasteiger partial charge in [0.2, 0.25) is 5.91 Å². The second kappa shape index (κ2) is 9.12. The number of hydrogen-bond donors (Lipinski definition) is 1. The lowest BCUT2D eigenvalue weighted by Gasteiger charge is -2.14. The third-order valence-electron chi connectivity index (χ3n) is 3.45. The third kappa shape index (κ3) is 6.31. The van der Waals surface area contributed by atoms with E-state index < -0.39 is 12.8 Å². The van der Waals surface area contributed by atoms with Gasteiger partial charge in [-0.2, -0.15) is 13.2 Å². The topological polar surface area (TPSA) is 47.6 Å². The maximum absolute atomic E-state index is 12.3. The molecule has 7 heteroatoms. The van der Waals surface area contributed by atoms with Crippen molar-refractivity contribution in [3.8, 4) is 11.5 Å². The molecule has 0 saturated carbocycles. The number of rotatable bonds is 8. The number of para-hydroxylation sites is 3. The lowest BCUT2D eigenvalue weighted by molar-refractivity contribution is -0.153. The number of halogens is 3. The molecule has 0 aromatic heterocycles. The Hall–Kier alpha value is -2.70. The van der Waals surface area contributed by atoms with E-state index in [1.807, 2.05) is 31.2 Å². The highest BCUT2D eigenvalue weighted by molar-refractivity contribution is 5.92. The summed E-state index contributed by atoms with van der Waals surface area (Å²) in [5.41, 5.74) is 1.10. The molecule has 0 heterocycles. The molecule has 2 rings (SSSR count). The summed E-state index contributed by atoms with van der Waals surface area (Å²) in [4.78, 5) is 12.2. The van der Waals surface area contributed by atoms with E-state index in [9.17, 15) is 18.0 Å². The van der Waals surface area contributed by atoms with E-state index in [0.717, 1.165) is 11.3 Å². The number of ether oxygens (including phenoxy) is 2. The fourth-order valence-electron chi connectivity index (χ4n) is 2.32. The molecule has 0 bridgehead atoms. The predicted molar refractivity (Wildman–Crippen MR) is 92.6 cm³/mol. The summed E-state index contributed by atoms with van der Waals surface area (Å²) in [5, 5.41) is 2.60. The summed E-state index contributed by atoms with van der Waals surface area (Å²) < 4.78 is 47.2. The summed E-state index contributed by atoms with van der Waals surface area (Å²) >= 11 is 0. The third-order valence-corrected chi connectivity index (χ3v) is 3.45. The maximum atomic E-state index is 12.3. The average molecular weight is 367 g/mol. The molecular formula is C19H20F3NO3. The monoisotopic (exact) mass is 367 g/mol. The molecule has 0 unspecified atom stereocenters. The van der Waals surface area contributed by atoms with Gasteiger partial charge in [0.15, 0.2) is 6.61 Å². The molecule has 2 aromatic carbocycles. The summed E-state index contributed by atoms with van der Waals surface area (Å²) in [5.74, 6) is 0.379. The molecule has 0 atom stereocenters. The minimum Gasteiger partial charge on any atom is -0.494 e. The highest BCUT2D eigenvalue weighted by atomic mass is 19.4. The molecule has 0 saturated heterocycles. The number of aryl methyl sites for hydroxylation is 1. The van der Waals surface area contributed by atoms with Gasteiger partial charge in [-0.15, -0.1) is 0 Å². The minimum atomic E-state index is -4.44. The van der Waals surface area contributed by atoms with Crippen LogP contribution in [0.25, 0.3) is 0 Å². The van der Waals surface area contributed by atoms with E-state index in [4.69, 9.17) is 9.47 Å². The van der Waals surface area contributed by atoms with Crippen molar-refractivity contribution in [3.05, 3.63) is 54.1 Å². The second-order valence-electron chi connectivity index (χ2n) is 5.49. The largest absolute Gasteiger partial charge is 0.494 e. The lowest BCUT2D eigenvalue weighted by Crippen LogP contribution is -2.20. The molecule has 0 spiro atoms. The van der Waals surface area contributed by atoms with Crippen LogP contribution in [0.15, 0.2) is 48.5 Å². The normalized spacial score (nSPS) is 11.1. The summed E-state index contributed by atoms with van der Waals surface area (Å²) in [6.45, 7) is 0.982. The lowest BCUT2D eigenvalue weighted by atomic mass is 10.1. The summed E-state index contributed by atoms with van der Waals surface area (Å²) in [6, 6.07) is 13.4. The molecule has 1 amide bonds. The van der Waals surface area contributed by atoms with Crippen LogP contribution in [0.4, 0.5) is 18.9 Å². The van der Waals surface area contributed by atoms with Crippen LogP contribution in [0.1, 0.15) is 18.9 Å². The van der Waals surface area contributed by atoms with Crippen molar-refractivity contribution in [1.82, 2.24) is 0 Å². The fraction of sp³-hybridized carbons (Fsp3) is 0.316. The Morgan fingerprint density at radius 1 is 1.00 bits per heavy atom. The molecule has 0 aliphatic carbocycles. The smallest absolute Gasteiger partial charge is 0.422 e. The SMILES string of the molecule is CCOc1ccccc1CCC(=O)Nc1ccccc1OCC(F)(F)F. The molecule has 0 radical (unpaired) electrons. The molecular weight excluding hydrogens is 347 g/mol. The number of amides is 1. The zero-order valence-electron chi connectivity index (χ0n) is 14.3. The highest BCUT2D eigenvalue weighted by Gasteiger charge is 2.28. The van der Waals surface area contributed by atoms with Crippen LogP contribution in [0.3, 0.4) is 0 Å². The van der Waals surface area contributed by atoms with Crippen LogP contribution in [-0.4, -0.2) is 25.3 Å². The van der Waals surface area contributed by atoms with Crippen LogP contribution >= 0.6 is 0 Å². The van der Waals surface area contributed by atoms with Gasteiger partial charge in [-0.1, -0.05) is 30.3 Å². The molecule has 0 aliphatic rings. The van der Waals surface area contributed by atoms with Gasteiger partial charge >= 0.3 is 6.18 Å². The van der Waals surface area contributed by atoms with Crippen LogP contribution in [-0.2, 0) is 11.2 Å². The van der Waals surface area contributed by atoms with Crippen molar-refractivity contribution < 1.29 is 27.4 Å². The van der Waals surface area contributed by atoms with Crippen molar-refractivity contribution in [2.45, 2.75) is 25.9 Å². The number of hydrogen-bond acceptors (Lipinski definition) is 3. The number of carbonyl (C=O) groups is 1. The Kier molecular flexibility index (Phi) is 6.89. The Bertz CT molecular complexity index is 732. The molecule has 1 N–H and O–H groups in total. The zero-order valence-corrected chi connectivity index (χ0v) is 14.3. The summed E-state index contributed by atoms with van der Waals surface area (Å²) in [7, 11) is 0. The van der Waals surface area contributed by atoms with E-state index >= 15 is 0 Å². The molecule has 0 fully saturated rings. The van der Waals surface area contributed by atoms with E-state index in [2.05, 4.69) is 5.32 Å². The molecule has 0 aliphatic heterocycles. The van der Waals surface area contributed by atoms with Gasteiger partial charge in [0.25, 0.3) is 0 Å². The number of alkyl halides is 3. The van der Waals surface area contributed by atoms with Crippen molar-refractivity contribution in [1.29, 1.82) is 0 Å². The maximum Gasteiger partial charge on any atom is 0.422 e. The quantitative estimate of drug-likeness (QED) is 0.742. The average Bonchev–Trinajstić information content (AvgIpc) is 2.60. The molecule has 140 valence electrons. The van der Waals surface area contributed by atoms with E-state index in [0.29, 0.717) is 13.0 Å². The van der Waals surface area contributed by atoms with Crippen molar-refractivity contribution in [2.75, 3.05) is 18.5 Å². The van der Waals surface area contributed by atoms with Crippen molar-refractivity contribution >= 4 is 11.6 Å². The van der Waals surface area contributed by atoms with Gasteiger partial charge < -0.3 is 14.8 Å². The van der Waals surface area contributed by atoms with Crippen LogP contribution in [0.2, 0.25) is 0 Å². The first kappa shape index (κ1) is 19.6. The van der Waals surface area contributed by atoms with Gasteiger partial charge in [0.1, 0.15) is 11.5 Å². The molecule has 4 nitrogen and oxygen atoms in total. The minimum absolute atomic E-state index is 0.0205. The fourth-order valence-corrected chi connectivity index (χ4v) is 2.32. The van der Waals surface area contributed by atoms with Gasteiger partial charge in [0, 0.05) is 6.42 Å². The Balaban J connectivity index is 1.96. The first-order chi connectivity index (χ1) is 12.4. The summed E-state index contributed by atoms with van der Waals surface area (Å²) in [6.07, 6.45) is -3.83. The van der Waals surface area contributed by atoms with E-state index in [1.54, 1.807) is 12.1 Å². The van der Waals surface area contributed by atoms with E-state index in [1.165, 1.54) is 12.1 Å². The van der Waals surface area contributed by atoms with Gasteiger partial charge in [-0.05, 0) is 37.1 Å². The Morgan fingerprint density at radius 3 is 2.35 bits per heavy atom. The number of anilines is 1. The standard InChI is InChI=1S/C19H20F3NO3/c1-2-25-16-9-5-3-7-14(16)11-12-18(24)23-15-8-4-6-10-17(15)26-13-19(20,21)22/h3-10H,2,11-13H2,1H3,(H,23,24). The van der Waals surface area contributed by atoms with E-state index in [-0.39, 0.29) is 23.8 Å². The molecule has 2 aromatic rings. The second-order valence-corrected chi connectivity index (χ2v) is 5.49. The van der Waals surface area contributed by atoms with Crippen molar-refractivity contribution in [3.63, 3.8) is 0 Å². The number of carbonyl (C=O) groups excluding carboxylic acids is 1. The van der Waals surface area contributed by atoms with Crippen LogP contribution in [0, 0.1) is 0 Å². The number of nitrogens with one attached hydrogen (secondary N) is 1. The number of benzene rings is 2. The van der Waals surface area contributed by atoms with Crippen LogP contribution in [0.5, 0.6) is 11.5 Å². The molecule has 26 heavy (non-hydrogen) atoms. The Morgan fingerprint density at radius 2 is 1.65 bits per heavy atom. The van der Waals surface area contributed by atoms with Crippen molar-refractivity contribution in [2.24, 2.45) is 0 Å². The first-order valence-corrected chi connectivity index (χ1v) is 8.18. The highest BCUT2D eigenvalue weighted by Crippen LogP contribution is 2.27.